The van der Waals surface area contributed by atoms with Crippen molar-refractivity contribution in [2.75, 3.05) is 0 Å². The normalized spacial score (nSPS) is 32.9. The fourth-order valence-electron chi connectivity index (χ4n) is 8.19. The topological polar surface area (TPSA) is 131 Å². The molecule has 1 aromatic carbocycles. The number of nitrogens with zero attached hydrogens (tertiary/aromatic N) is 1. The second-order valence-electron chi connectivity index (χ2n) is 11.9. The molecule has 5 saturated carbocycles. The van der Waals surface area contributed by atoms with E-state index in [2.05, 4.69) is 15.0 Å². The van der Waals surface area contributed by atoms with Crippen LogP contribution in [-0.2, 0) is 19.6 Å². The molecule has 192 valence electrons. The van der Waals surface area contributed by atoms with Gasteiger partial charge in [0.15, 0.2) is 0 Å². The SMILES string of the molecule is NC(=O)C12CC3CC(CC(NC(=O)C4(NS(=O)(=O)c5cccc6cccnc56)CCCCC4)(C3)C1)C2. The third-order valence-electron chi connectivity index (χ3n) is 9.32. The maximum Gasteiger partial charge on any atom is 0.243 e. The summed E-state index contributed by atoms with van der Waals surface area (Å²) in [5.74, 6) is 0.229. The molecule has 0 spiro atoms. The van der Waals surface area contributed by atoms with E-state index in [9.17, 15) is 18.0 Å². The quantitative estimate of drug-likeness (QED) is 0.549. The molecule has 36 heavy (non-hydrogen) atoms. The molecule has 2 aromatic rings. The molecule has 4 N–H and O–H groups in total. The average molecular weight is 511 g/mol. The van der Waals surface area contributed by atoms with Crippen molar-refractivity contribution in [1.29, 1.82) is 0 Å². The molecule has 4 bridgehead atoms. The van der Waals surface area contributed by atoms with E-state index in [1.54, 1.807) is 24.4 Å². The molecule has 0 saturated heterocycles. The first-order valence-corrected chi connectivity index (χ1v) is 14.6. The summed E-state index contributed by atoms with van der Waals surface area (Å²) in [6.07, 6.45) is 9.90. The van der Waals surface area contributed by atoms with Gasteiger partial charge in [0.1, 0.15) is 10.4 Å². The van der Waals surface area contributed by atoms with Crippen LogP contribution in [0.25, 0.3) is 10.9 Å². The Morgan fingerprint density at radius 3 is 2.36 bits per heavy atom. The van der Waals surface area contributed by atoms with Crippen LogP contribution in [-0.4, -0.2) is 36.3 Å². The van der Waals surface area contributed by atoms with Crippen LogP contribution in [0.3, 0.4) is 0 Å². The number of aromatic nitrogens is 1. The number of hydrogen-bond acceptors (Lipinski definition) is 5. The first kappa shape index (κ1) is 23.9. The van der Waals surface area contributed by atoms with E-state index < -0.39 is 26.5 Å². The molecule has 1 heterocycles. The number of carbonyl (C=O) groups excluding carboxylic acids is 2. The van der Waals surface area contributed by atoms with Crippen LogP contribution in [0.4, 0.5) is 0 Å². The zero-order valence-corrected chi connectivity index (χ0v) is 21.3. The van der Waals surface area contributed by atoms with E-state index in [-0.39, 0.29) is 16.7 Å². The van der Waals surface area contributed by atoms with Crippen molar-refractivity contribution in [2.45, 2.75) is 86.6 Å². The smallest absolute Gasteiger partial charge is 0.243 e. The standard InChI is InChI=1S/C27H34N4O4S/c28-23(32)25-13-18-12-19(14-25)16-26(15-18,17-25)30-24(33)27(9-2-1-3-10-27)31-36(34,35)21-8-4-6-20-7-5-11-29-22(20)21/h4-8,11,18-19,31H,1-3,9-10,12-17H2,(H2,28,32)(H,30,33). The van der Waals surface area contributed by atoms with E-state index in [0.29, 0.717) is 36.6 Å². The highest BCUT2D eigenvalue weighted by Crippen LogP contribution is 2.61. The summed E-state index contributed by atoms with van der Waals surface area (Å²) in [4.78, 5) is 31.0. The summed E-state index contributed by atoms with van der Waals surface area (Å²) in [6.45, 7) is 0. The number of hydrogen-bond donors (Lipinski definition) is 3. The monoisotopic (exact) mass is 510 g/mol. The molecule has 1 aromatic heterocycles. The maximum absolute atomic E-state index is 14.1. The minimum atomic E-state index is -4.03. The van der Waals surface area contributed by atoms with Crippen molar-refractivity contribution >= 4 is 32.7 Å². The van der Waals surface area contributed by atoms with Gasteiger partial charge >= 0.3 is 0 Å². The molecule has 5 fully saturated rings. The fraction of sp³-hybridized carbons (Fsp3) is 0.593. The van der Waals surface area contributed by atoms with Crippen molar-refractivity contribution in [3.8, 4) is 0 Å². The lowest BCUT2D eigenvalue weighted by Crippen LogP contribution is -2.69. The zero-order valence-electron chi connectivity index (χ0n) is 20.5. The van der Waals surface area contributed by atoms with Gasteiger partial charge in [-0.1, -0.05) is 37.5 Å². The van der Waals surface area contributed by atoms with Gasteiger partial charge < -0.3 is 11.1 Å². The molecular weight excluding hydrogens is 476 g/mol. The number of carbonyl (C=O) groups is 2. The molecule has 2 amide bonds. The Bertz CT molecular complexity index is 1320. The average Bonchev–Trinajstić information content (AvgIpc) is 2.83. The number of amides is 2. The minimum absolute atomic E-state index is 0.0841. The van der Waals surface area contributed by atoms with Gasteiger partial charge in [0, 0.05) is 17.1 Å². The van der Waals surface area contributed by atoms with Crippen LogP contribution < -0.4 is 15.8 Å². The summed E-state index contributed by atoms with van der Waals surface area (Å²) < 4.78 is 30.3. The number of para-hydroxylation sites is 1. The van der Waals surface area contributed by atoms with Gasteiger partial charge in [-0.15, -0.1) is 0 Å². The van der Waals surface area contributed by atoms with Crippen molar-refractivity contribution in [3.63, 3.8) is 0 Å². The Labute approximate surface area is 211 Å². The van der Waals surface area contributed by atoms with Gasteiger partial charge in [0.2, 0.25) is 21.8 Å². The Morgan fingerprint density at radius 1 is 0.972 bits per heavy atom. The molecule has 9 heteroatoms. The lowest BCUT2D eigenvalue weighted by molar-refractivity contribution is -0.152. The molecule has 2 unspecified atom stereocenters. The van der Waals surface area contributed by atoms with Crippen LogP contribution in [0.15, 0.2) is 41.4 Å². The van der Waals surface area contributed by atoms with Crippen LogP contribution in [0.2, 0.25) is 0 Å². The summed E-state index contributed by atoms with van der Waals surface area (Å²) in [7, 11) is -4.03. The first-order valence-electron chi connectivity index (χ1n) is 13.1. The highest BCUT2D eigenvalue weighted by atomic mass is 32.2. The van der Waals surface area contributed by atoms with Gasteiger partial charge in [0.05, 0.1) is 10.9 Å². The lowest BCUT2D eigenvalue weighted by Gasteiger charge is -2.61. The highest BCUT2D eigenvalue weighted by molar-refractivity contribution is 7.89. The highest BCUT2D eigenvalue weighted by Gasteiger charge is 2.61. The van der Waals surface area contributed by atoms with Crippen LogP contribution in [0.1, 0.15) is 70.6 Å². The minimum Gasteiger partial charge on any atom is -0.369 e. The Balaban J connectivity index is 1.32. The molecule has 0 radical (unpaired) electrons. The third-order valence-corrected chi connectivity index (χ3v) is 10.9. The van der Waals surface area contributed by atoms with E-state index in [4.69, 9.17) is 5.73 Å². The van der Waals surface area contributed by atoms with Gasteiger partial charge in [-0.3, -0.25) is 14.6 Å². The summed E-state index contributed by atoms with van der Waals surface area (Å²) >= 11 is 0. The number of nitrogens with one attached hydrogen (secondary N) is 2. The molecule has 5 aliphatic carbocycles. The number of fused-ring (bicyclic) bond motifs is 1. The van der Waals surface area contributed by atoms with Gasteiger partial charge in [-0.25, -0.2) is 8.42 Å². The first-order chi connectivity index (χ1) is 17.1. The Morgan fingerprint density at radius 2 is 1.67 bits per heavy atom. The molecule has 8 nitrogen and oxygen atoms in total. The van der Waals surface area contributed by atoms with E-state index in [1.807, 2.05) is 12.1 Å². The molecule has 5 aliphatic rings. The fourth-order valence-corrected chi connectivity index (χ4v) is 9.80. The predicted octanol–water partition coefficient (Wildman–Crippen LogP) is 3.16. The second kappa shape index (κ2) is 8.25. The lowest BCUT2D eigenvalue weighted by atomic mass is 9.46. The van der Waals surface area contributed by atoms with Crippen molar-refractivity contribution in [3.05, 3.63) is 36.5 Å². The summed E-state index contributed by atoms with van der Waals surface area (Å²) in [5.41, 5.74) is 4.02. The van der Waals surface area contributed by atoms with Crippen LogP contribution >= 0.6 is 0 Å². The number of nitrogens with two attached hydrogens (primary N) is 1. The van der Waals surface area contributed by atoms with E-state index >= 15 is 0 Å². The molecule has 0 aliphatic heterocycles. The number of benzene rings is 1. The molecular formula is C27H34N4O4S. The number of rotatable bonds is 6. The zero-order chi connectivity index (χ0) is 25.2. The third kappa shape index (κ3) is 3.82. The maximum atomic E-state index is 14.1. The summed E-state index contributed by atoms with van der Waals surface area (Å²) in [5, 5.41) is 4.07. The Kier molecular flexibility index (Phi) is 5.46. The molecule has 2 atom stereocenters. The van der Waals surface area contributed by atoms with E-state index in [0.717, 1.165) is 56.8 Å². The van der Waals surface area contributed by atoms with Crippen LogP contribution in [0.5, 0.6) is 0 Å². The van der Waals surface area contributed by atoms with E-state index in [1.165, 1.54) is 0 Å². The Hall–Kier alpha value is -2.52. The second-order valence-corrected chi connectivity index (χ2v) is 13.6. The van der Waals surface area contributed by atoms with Crippen molar-refractivity contribution in [1.82, 2.24) is 15.0 Å². The van der Waals surface area contributed by atoms with Gasteiger partial charge in [-0.05, 0) is 75.3 Å². The van der Waals surface area contributed by atoms with Gasteiger partial charge in [-0.2, -0.15) is 4.72 Å². The number of primary amides is 1. The predicted molar refractivity (Wildman–Crippen MR) is 135 cm³/mol. The van der Waals surface area contributed by atoms with Crippen molar-refractivity contribution < 1.29 is 18.0 Å². The largest absolute Gasteiger partial charge is 0.369 e. The van der Waals surface area contributed by atoms with Gasteiger partial charge in [0.25, 0.3) is 0 Å². The van der Waals surface area contributed by atoms with Crippen molar-refractivity contribution in [2.24, 2.45) is 23.0 Å². The number of sulfonamides is 1. The van der Waals surface area contributed by atoms with Crippen LogP contribution in [0, 0.1) is 17.3 Å². The molecule has 7 rings (SSSR count). The summed E-state index contributed by atoms with van der Waals surface area (Å²) in [6, 6.07) is 8.66. The number of pyridine rings is 1.